The van der Waals surface area contributed by atoms with E-state index in [1.54, 1.807) is 13.8 Å². The molecule has 1 aromatic carbocycles. The summed E-state index contributed by atoms with van der Waals surface area (Å²) in [7, 11) is -3.83. The number of carbonyl (C=O) groups is 1. The SMILES string of the molecule is Cc1cc(S(N)(=O)=O)cc(C(=O)NC(C)C(C)(C)C)c1C. The Hall–Kier alpha value is -1.40. The maximum absolute atomic E-state index is 12.4. The van der Waals surface area contributed by atoms with Crippen LogP contribution in [0.25, 0.3) is 0 Å². The molecule has 1 aromatic rings. The summed E-state index contributed by atoms with van der Waals surface area (Å²) in [6.07, 6.45) is 0. The fourth-order valence-electron chi connectivity index (χ4n) is 1.72. The van der Waals surface area contributed by atoms with Crippen molar-refractivity contribution in [1.82, 2.24) is 5.32 Å². The molecule has 0 aromatic heterocycles. The molecule has 0 aliphatic rings. The van der Waals surface area contributed by atoms with E-state index in [9.17, 15) is 13.2 Å². The van der Waals surface area contributed by atoms with Crippen molar-refractivity contribution in [2.24, 2.45) is 10.6 Å². The van der Waals surface area contributed by atoms with Gasteiger partial charge in [0.15, 0.2) is 0 Å². The van der Waals surface area contributed by atoms with Crippen LogP contribution in [0.4, 0.5) is 0 Å². The van der Waals surface area contributed by atoms with Crippen molar-refractivity contribution in [3.8, 4) is 0 Å². The van der Waals surface area contributed by atoms with Crippen molar-refractivity contribution in [1.29, 1.82) is 0 Å². The standard InChI is InChI=1S/C15H24N2O3S/c1-9-7-12(21(16,19)20)8-13(10(9)2)14(18)17-11(3)15(4,5)6/h7-8,11H,1-6H3,(H,17,18)(H2,16,19,20). The highest BCUT2D eigenvalue weighted by molar-refractivity contribution is 7.89. The fraction of sp³-hybridized carbons (Fsp3) is 0.533. The zero-order valence-corrected chi connectivity index (χ0v) is 14.3. The first-order valence-electron chi connectivity index (χ1n) is 6.79. The Morgan fingerprint density at radius 2 is 1.76 bits per heavy atom. The molecule has 1 rings (SSSR count). The second-order valence-corrected chi connectivity index (χ2v) is 8.08. The number of amides is 1. The summed E-state index contributed by atoms with van der Waals surface area (Å²) in [6, 6.07) is 2.76. The molecule has 1 unspecified atom stereocenters. The normalized spacial score (nSPS) is 13.9. The minimum absolute atomic E-state index is 0.0424. The van der Waals surface area contributed by atoms with Crippen molar-refractivity contribution in [3.05, 3.63) is 28.8 Å². The Bertz CT molecular complexity index is 658. The number of nitrogens with one attached hydrogen (secondary N) is 1. The van der Waals surface area contributed by atoms with Crippen molar-refractivity contribution < 1.29 is 13.2 Å². The molecule has 0 radical (unpaired) electrons. The van der Waals surface area contributed by atoms with Crippen molar-refractivity contribution in [2.45, 2.75) is 52.5 Å². The molecule has 21 heavy (non-hydrogen) atoms. The molecule has 0 fully saturated rings. The van der Waals surface area contributed by atoms with E-state index in [2.05, 4.69) is 5.32 Å². The van der Waals surface area contributed by atoms with Crippen LogP contribution in [0, 0.1) is 19.3 Å². The van der Waals surface area contributed by atoms with E-state index >= 15 is 0 Å². The second-order valence-electron chi connectivity index (χ2n) is 6.52. The third-order valence-corrected chi connectivity index (χ3v) is 4.75. The Kier molecular flexibility index (Phi) is 4.85. The van der Waals surface area contributed by atoms with Crippen molar-refractivity contribution in [3.63, 3.8) is 0 Å². The molecule has 0 heterocycles. The molecule has 0 aliphatic carbocycles. The number of rotatable bonds is 3. The first kappa shape index (κ1) is 17.7. The molecular formula is C15H24N2O3S. The average Bonchev–Trinajstić information content (AvgIpc) is 2.29. The van der Waals surface area contributed by atoms with E-state index in [4.69, 9.17) is 5.14 Å². The molecule has 0 saturated heterocycles. The lowest BCUT2D eigenvalue weighted by Gasteiger charge is -2.28. The lowest BCUT2D eigenvalue weighted by Crippen LogP contribution is -2.41. The minimum atomic E-state index is -3.83. The second kappa shape index (κ2) is 5.77. The van der Waals surface area contributed by atoms with Crippen molar-refractivity contribution in [2.75, 3.05) is 0 Å². The highest BCUT2D eigenvalue weighted by Gasteiger charge is 2.24. The van der Waals surface area contributed by atoms with Gasteiger partial charge in [-0.15, -0.1) is 0 Å². The van der Waals surface area contributed by atoms with E-state index in [0.29, 0.717) is 5.56 Å². The molecule has 6 heteroatoms. The number of aryl methyl sites for hydroxylation is 1. The number of sulfonamides is 1. The summed E-state index contributed by atoms with van der Waals surface area (Å²) in [5, 5.41) is 8.06. The molecular weight excluding hydrogens is 288 g/mol. The van der Waals surface area contributed by atoms with Crippen LogP contribution in [0.2, 0.25) is 0 Å². The highest BCUT2D eigenvalue weighted by Crippen LogP contribution is 2.22. The molecule has 0 saturated carbocycles. The lowest BCUT2D eigenvalue weighted by molar-refractivity contribution is 0.0909. The maximum Gasteiger partial charge on any atom is 0.251 e. The Morgan fingerprint density at radius 3 is 2.19 bits per heavy atom. The predicted molar refractivity (Wildman–Crippen MR) is 83.7 cm³/mol. The van der Waals surface area contributed by atoms with Gasteiger partial charge < -0.3 is 5.32 Å². The molecule has 0 spiro atoms. The molecule has 0 bridgehead atoms. The van der Waals surface area contributed by atoms with Crippen LogP contribution in [0.3, 0.4) is 0 Å². The van der Waals surface area contributed by atoms with Crippen LogP contribution in [0.5, 0.6) is 0 Å². The van der Waals surface area contributed by atoms with Crippen LogP contribution in [-0.2, 0) is 10.0 Å². The quantitative estimate of drug-likeness (QED) is 0.896. The first-order chi connectivity index (χ1) is 9.34. The van der Waals surface area contributed by atoms with E-state index in [0.717, 1.165) is 11.1 Å². The van der Waals surface area contributed by atoms with Gasteiger partial charge in [-0.2, -0.15) is 0 Å². The molecule has 3 N–H and O–H groups in total. The Balaban J connectivity index is 3.24. The molecule has 1 amide bonds. The topological polar surface area (TPSA) is 89.3 Å². The summed E-state index contributed by atoms with van der Waals surface area (Å²) in [6.45, 7) is 11.5. The van der Waals surface area contributed by atoms with Gasteiger partial charge in [0.1, 0.15) is 0 Å². The molecule has 5 nitrogen and oxygen atoms in total. The summed E-state index contributed by atoms with van der Waals surface area (Å²) < 4.78 is 23.0. The average molecular weight is 312 g/mol. The predicted octanol–water partition coefficient (Wildman–Crippen LogP) is 2.12. The molecule has 118 valence electrons. The number of hydrogen-bond acceptors (Lipinski definition) is 3. The first-order valence-corrected chi connectivity index (χ1v) is 8.33. The highest BCUT2D eigenvalue weighted by atomic mass is 32.2. The molecule has 1 atom stereocenters. The summed E-state index contributed by atoms with van der Waals surface area (Å²) in [5.41, 5.74) is 1.72. The number of hydrogen-bond donors (Lipinski definition) is 2. The zero-order chi connectivity index (χ0) is 16.6. The van der Waals surface area contributed by atoms with E-state index in [-0.39, 0.29) is 22.3 Å². The van der Waals surface area contributed by atoms with Gasteiger partial charge in [0, 0.05) is 11.6 Å². The Morgan fingerprint density at radius 1 is 1.24 bits per heavy atom. The Labute approximate surface area is 127 Å². The zero-order valence-electron chi connectivity index (χ0n) is 13.4. The van der Waals surface area contributed by atoms with Crippen molar-refractivity contribution >= 4 is 15.9 Å². The number of carbonyl (C=O) groups excluding carboxylic acids is 1. The van der Waals surface area contributed by atoms with E-state index < -0.39 is 10.0 Å². The van der Waals surface area contributed by atoms with Gasteiger partial charge in [-0.1, -0.05) is 20.8 Å². The van der Waals surface area contributed by atoms with Crippen LogP contribution >= 0.6 is 0 Å². The van der Waals surface area contributed by atoms with Crippen LogP contribution < -0.4 is 10.5 Å². The van der Waals surface area contributed by atoms with Gasteiger partial charge in [-0.3, -0.25) is 4.79 Å². The van der Waals surface area contributed by atoms with Gasteiger partial charge >= 0.3 is 0 Å². The largest absolute Gasteiger partial charge is 0.349 e. The van der Waals surface area contributed by atoms with Crippen LogP contribution in [-0.4, -0.2) is 20.4 Å². The summed E-state index contributed by atoms with van der Waals surface area (Å²) in [5.74, 6) is -0.288. The molecule has 0 aliphatic heterocycles. The number of primary sulfonamides is 1. The minimum Gasteiger partial charge on any atom is -0.349 e. The maximum atomic E-state index is 12.4. The van der Waals surface area contributed by atoms with Crippen LogP contribution in [0.1, 0.15) is 49.2 Å². The van der Waals surface area contributed by atoms with Gasteiger partial charge in [0.05, 0.1) is 4.90 Å². The monoisotopic (exact) mass is 312 g/mol. The fourth-order valence-corrected chi connectivity index (χ4v) is 2.34. The lowest BCUT2D eigenvalue weighted by atomic mass is 9.88. The number of nitrogens with two attached hydrogens (primary N) is 1. The third kappa shape index (κ3) is 4.28. The summed E-state index contributed by atoms with van der Waals surface area (Å²) in [4.78, 5) is 12.4. The van der Waals surface area contributed by atoms with Gasteiger partial charge in [0.25, 0.3) is 5.91 Å². The van der Waals surface area contributed by atoms with Gasteiger partial charge in [-0.05, 0) is 49.4 Å². The van der Waals surface area contributed by atoms with Crippen LogP contribution in [0.15, 0.2) is 17.0 Å². The number of benzene rings is 1. The third-order valence-electron chi connectivity index (χ3n) is 3.86. The van der Waals surface area contributed by atoms with E-state index in [1.807, 2.05) is 27.7 Å². The summed E-state index contributed by atoms with van der Waals surface area (Å²) >= 11 is 0. The van der Waals surface area contributed by atoms with Gasteiger partial charge in [-0.25, -0.2) is 13.6 Å². The van der Waals surface area contributed by atoms with Gasteiger partial charge in [0.2, 0.25) is 10.0 Å². The van der Waals surface area contributed by atoms with E-state index in [1.165, 1.54) is 12.1 Å². The smallest absolute Gasteiger partial charge is 0.251 e.